The van der Waals surface area contributed by atoms with Crippen molar-refractivity contribution in [3.63, 3.8) is 0 Å². The summed E-state index contributed by atoms with van der Waals surface area (Å²) in [4.78, 5) is 14.7. The van der Waals surface area contributed by atoms with E-state index in [1.807, 2.05) is 30.6 Å². The fourth-order valence-corrected chi connectivity index (χ4v) is 5.93. The van der Waals surface area contributed by atoms with Crippen LogP contribution in [0.2, 0.25) is 0 Å². The van der Waals surface area contributed by atoms with Gasteiger partial charge in [-0.2, -0.15) is 0 Å². The number of rotatable bonds is 4. The highest BCUT2D eigenvalue weighted by Gasteiger charge is 2.17. The Morgan fingerprint density at radius 1 is 0.357 bits per heavy atom. The van der Waals surface area contributed by atoms with E-state index in [-0.39, 0.29) is 0 Å². The highest BCUT2D eigenvalue weighted by molar-refractivity contribution is 6.19. The highest BCUT2D eigenvalue weighted by Crippen LogP contribution is 2.39. The molecule has 0 saturated carbocycles. The van der Waals surface area contributed by atoms with Gasteiger partial charge in [-0.05, 0) is 73.8 Å². The molecule has 42 heavy (non-hydrogen) atoms. The van der Waals surface area contributed by atoms with Gasteiger partial charge in [0.2, 0.25) is 0 Å². The SMILES string of the molecule is c1ccc(-c2cc(-c3cccc(-c4ccncc4)c3)nc(-c3c4ccccc4cc4c3ccc3ccccc34)n2)cc1. The quantitative estimate of drug-likeness (QED) is 0.166. The molecule has 0 N–H and O–H groups in total. The van der Waals surface area contributed by atoms with E-state index in [2.05, 4.69) is 126 Å². The van der Waals surface area contributed by atoms with Gasteiger partial charge < -0.3 is 0 Å². The Labute approximate surface area is 243 Å². The lowest BCUT2D eigenvalue weighted by Crippen LogP contribution is -1.98. The number of benzene rings is 6. The standard InChI is InChI=1S/C39H25N3/c1-2-10-28(11-3-1)36-25-37(31-14-8-13-29(23-31)26-19-21-40-22-20-26)42-39(41-36)38-33-16-7-5-12-30(33)24-35-32-15-6-4-9-27(32)17-18-34(35)38/h1-25H. The average Bonchev–Trinajstić information content (AvgIpc) is 3.08. The first-order valence-corrected chi connectivity index (χ1v) is 14.1. The molecule has 2 aromatic heterocycles. The number of hydrogen-bond acceptors (Lipinski definition) is 3. The summed E-state index contributed by atoms with van der Waals surface area (Å²) in [5, 5.41) is 7.12. The van der Waals surface area contributed by atoms with Crippen LogP contribution in [0.4, 0.5) is 0 Å². The van der Waals surface area contributed by atoms with Crippen molar-refractivity contribution in [2.75, 3.05) is 0 Å². The number of fused-ring (bicyclic) bond motifs is 4. The van der Waals surface area contributed by atoms with Crippen LogP contribution in [0.3, 0.4) is 0 Å². The highest BCUT2D eigenvalue weighted by atomic mass is 14.9. The van der Waals surface area contributed by atoms with Gasteiger partial charge in [-0.3, -0.25) is 4.98 Å². The fraction of sp³-hybridized carbons (Fsp3) is 0. The third-order valence-corrected chi connectivity index (χ3v) is 7.96. The van der Waals surface area contributed by atoms with Crippen LogP contribution in [-0.2, 0) is 0 Å². The summed E-state index contributed by atoms with van der Waals surface area (Å²) in [6.45, 7) is 0. The smallest absolute Gasteiger partial charge is 0.161 e. The van der Waals surface area contributed by atoms with Gasteiger partial charge >= 0.3 is 0 Å². The predicted octanol–water partition coefficient (Wildman–Crippen LogP) is 10.00. The Kier molecular flexibility index (Phi) is 5.79. The zero-order chi connectivity index (χ0) is 27.9. The minimum Gasteiger partial charge on any atom is -0.265 e. The van der Waals surface area contributed by atoms with Crippen LogP contribution < -0.4 is 0 Å². The first-order chi connectivity index (χ1) is 20.8. The maximum absolute atomic E-state index is 5.29. The molecule has 8 aromatic rings. The van der Waals surface area contributed by atoms with Gasteiger partial charge in [0.15, 0.2) is 5.82 Å². The molecule has 0 radical (unpaired) electrons. The van der Waals surface area contributed by atoms with Crippen molar-refractivity contribution in [1.29, 1.82) is 0 Å². The number of nitrogens with zero attached hydrogens (tertiary/aromatic N) is 3. The second-order valence-corrected chi connectivity index (χ2v) is 10.5. The summed E-state index contributed by atoms with van der Waals surface area (Å²) in [6.07, 6.45) is 3.65. The molecule has 0 spiro atoms. The first kappa shape index (κ1) is 24.2. The first-order valence-electron chi connectivity index (χ1n) is 14.1. The molecule has 0 unspecified atom stereocenters. The number of pyridine rings is 1. The Morgan fingerprint density at radius 2 is 1.02 bits per heavy atom. The Hall–Kier alpha value is -5.67. The zero-order valence-electron chi connectivity index (χ0n) is 22.8. The van der Waals surface area contributed by atoms with E-state index >= 15 is 0 Å². The van der Waals surface area contributed by atoms with Crippen molar-refractivity contribution in [2.45, 2.75) is 0 Å². The van der Waals surface area contributed by atoms with Crippen LogP contribution in [0.15, 0.2) is 152 Å². The van der Waals surface area contributed by atoms with Gasteiger partial charge in [0.05, 0.1) is 11.4 Å². The van der Waals surface area contributed by atoms with Crippen molar-refractivity contribution >= 4 is 32.3 Å². The van der Waals surface area contributed by atoms with Gasteiger partial charge in [-0.25, -0.2) is 9.97 Å². The second-order valence-electron chi connectivity index (χ2n) is 10.5. The topological polar surface area (TPSA) is 38.7 Å². The van der Waals surface area contributed by atoms with Crippen LogP contribution in [0.5, 0.6) is 0 Å². The molecule has 0 aliphatic rings. The van der Waals surface area contributed by atoms with Crippen molar-refractivity contribution in [1.82, 2.24) is 15.0 Å². The van der Waals surface area contributed by atoms with Crippen molar-refractivity contribution in [3.05, 3.63) is 152 Å². The van der Waals surface area contributed by atoms with E-state index in [9.17, 15) is 0 Å². The molecule has 0 saturated heterocycles. The Balaban J connectivity index is 1.43. The van der Waals surface area contributed by atoms with Gasteiger partial charge in [0.25, 0.3) is 0 Å². The van der Waals surface area contributed by atoms with Gasteiger partial charge in [-0.1, -0.05) is 109 Å². The van der Waals surface area contributed by atoms with Crippen molar-refractivity contribution < 1.29 is 0 Å². The molecule has 196 valence electrons. The summed E-state index contributed by atoms with van der Waals surface area (Å²) >= 11 is 0. The molecule has 0 aliphatic carbocycles. The lowest BCUT2D eigenvalue weighted by atomic mass is 9.92. The van der Waals surface area contributed by atoms with Crippen LogP contribution >= 0.6 is 0 Å². The number of aromatic nitrogens is 3. The van der Waals surface area contributed by atoms with E-state index in [0.29, 0.717) is 0 Å². The van der Waals surface area contributed by atoms with E-state index in [0.717, 1.165) is 55.8 Å². The van der Waals surface area contributed by atoms with Crippen LogP contribution in [0.25, 0.3) is 77.3 Å². The second kappa shape index (κ2) is 10.1. The van der Waals surface area contributed by atoms with E-state index in [4.69, 9.17) is 9.97 Å². The van der Waals surface area contributed by atoms with Gasteiger partial charge in [0, 0.05) is 29.1 Å². The molecular weight excluding hydrogens is 510 g/mol. The van der Waals surface area contributed by atoms with Crippen LogP contribution in [0, 0.1) is 0 Å². The van der Waals surface area contributed by atoms with Crippen molar-refractivity contribution in [2.24, 2.45) is 0 Å². The Bertz CT molecular complexity index is 2240. The third-order valence-electron chi connectivity index (χ3n) is 7.96. The summed E-state index contributed by atoms with van der Waals surface area (Å²) in [6, 6.07) is 48.9. The van der Waals surface area contributed by atoms with E-state index in [1.54, 1.807) is 0 Å². The molecule has 3 nitrogen and oxygen atoms in total. The predicted molar refractivity (Wildman–Crippen MR) is 174 cm³/mol. The molecule has 0 aliphatic heterocycles. The van der Waals surface area contributed by atoms with Crippen LogP contribution in [0.1, 0.15) is 0 Å². The van der Waals surface area contributed by atoms with Crippen LogP contribution in [-0.4, -0.2) is 15.0 Å². The Morgan fingerprint density at radius 3 is 1.86 bits per heavy atom. The molecule has 8 rings (SSSR count). The molecule has 2 heterocycles. The lowest BCUT2D eigenvalue weighted by molar-refractivity contribution is 1.19. The fourth-order valence-electron chi connectivity index (χ4n) is 5.93. The minimum absolute atomic E-state index is 0.720. The summed E-state index contributed by atoms with van der Waals surface area (Å²) in [7, 11) is 0. The summed E-state index contributed by atoms with van der Waals surface area (Å²) in [5.74, 6) is 0.720. The lowest BCUT2D eigenvalue weighted by Gasteiger charge is -2.15. The molecular formula is C39H25N3. The van der Waals surface area contributed by atoms with E-state index in [1.165, 1.54) is 21.5 Å². The molecule has 3 heteroatoms. The third kappa shape index (κ3) is 4.20. The van der Waals surface area contributed by atoms with E-state index < -0.39 is 0 Å². The number of hydrogen-bond donors (Lipinski definition) is 0. The summed E-state index contributed by atoms with van der Waals surface area (Å²) in [5.41, 5.74) is 7.18. The zero-order valence-corrected chi connectivity index (χ0v) is 22.8. The molecule has 0 bridgehead atoms. The monoisotopic (exact) mass is 535 g/mol. The molecule has 0 atom stereocenters. The molecule has 0 fully saturated rings. The van der Waals surface area contributed by atoms with Gasteiger partial charge in [0.1, 0.15) is 0 Å². The maximum atomic E-state index is 5.29. The molecule has 6 aromatic carbocycles. The van der Waals surface area contributed by atoms with Crippen molar-refractivity contribution in [3.8, 4) is 45.0 Å². The molecule has 0 amide bonds. The van der Waals surface area contributed by atoms with Gasteiger partial charge in [-0.15, -0.1) is 0 Å². The average molecular weight is 536 g/mol. The minimum atomic E-state index is 0.720. The largest absolute Gasteiger partial charge is 0.265 e. The maximum Gasteiger partial charge on any atom is 0.161 e. The summed E-state index contributed by atoms with van der Waals surface area (Å²) < 4.78 is 0. The normalized spacial score (nSPS) is 11.3.